The number of hydrogen-bond acceptors (Lipinski definition) is 4. The Morgan fingerprint density at radius 1 is 1.03 bits per heavy atom. The van der Waals surface area contributed by atoms with Crippen molar-refractivity contribution in [1.82, 2.24) is 4.90 Å². The van der Waals surface area contributed by atoms with Gasteiger partial charge < -0.3 is 19.9 Å². The van der Waals surface area contributed by atoms with Crippen molar-refractivity contribution in [3.63, 3.8) is 0 Å². The van der Waals surface area contributed by atoms with Gasteiger partial charge in [0.15, 0.2) is 0 Å². The summed E-state index contributed by atoms with van der Waals surface area (Å²) in [6.45, 7) is 6.32. The molecule has 6 nitrogen and oxygen atoms in total. The van der Waals surface area contributed by atoms with Crippen LogP contribution in [0.5, 0.6) is 0 Å². The van der Waals surface area contributed by atoms with Crippen molar-refractivity contribution >= 4 is 23.2 Å². The molecule has 0 bridgehead atoms. The lowest BCUT2D eigenvalue weighted by atomic mass is 10.0. The van der Waals surface area contributed by atoms with Crippen molar-refractivity contribution in [3.8, 4) is 0 Å². The van der Waals surface area contributed by atoms with E-state index in [4.69, 9.17) is 4.74 Å². The lowest BCUT2D eigenvalue weighted by molar-refractivity contribution is -0.137. The smallest absolute Gasteiger partial charge is 0.250 e. The lowest BCUT2D eigenvalue weighted by Gasteiger charge is -2.33. The largest absolute Gasteiger partial charge is 0.377 e. The van der Waals surface area contributed by atoms with Crippen molar-refractivity contribution in [3.05, 3.63) is 59.7 Å². The van der Waals surface area contributed by atoms with Crippen LogP contribution in [0.2, 0.25) is 0 Å². The van der Waals surface area contributed by atoms with Gasteiger partial charge in [-0.3, -0.25) is 9.59 Å². The average Bonchev–Trinajstić information content (AvgIpc) is 2.71. The number of benzene rings is 2. The number of anilines is 2. The fourth-order valence-corrected chi connectivity index (χ4v) is 3.39. The van der Waals surface area contributed by atoms with Gasteiger partial charge in [0.25, 0.3) is 0 Å². The molecule has 1 N–H and O–H groups in total. The van der Waals surface area contributed by atoms with Crippen LogP contribution < -0.4 is 10.2 Å². The minimum absolute atomic E-state index is 0.00618. The summed E-state index contributed by atoms with van der Waals surface area (Å²) in [4.78, 5) is 29.0. The van der Waals surface area contributed by atoms with E-state index < -0.39 is 0 Å². The van der Waals surface area contributed by atoms with Crippen molar-refractivity contribution in [2.45, 2.75) is 33.4 Å². The first-order valence-corrected chi connectivity index (χ1v) is 10.2. The van der Waals surface area contributed by atoms with Gasteiger partial charge in [-0.1, -0.05) is 44.2 Å². The maximum Gasteiger partial charge on any atom is 0.250 e. The maximum absolute atomic E-state index is 13.1. The summed E-state index contributed by atoms with van der Waals surface area (Å²) >= 11 is 0. The summed E-state index contributed by atoms with van der Waals surface area (Å²) < 4.78 is 4.90. The fraction of sp³-hybridized carbons (Fsp3) is 0.417. The quantitative estimate of drug-likeness (QED) is 0.675. The molecule has 0 aromatic heterocycles. The summed E-state index contributed by atoms with van der Waals surface area (Å²) in [7, 11) is 5.43. The minimum Gasteiger partial charge on any atom is -0.377 e. The first kappa shape index (κ1) is 23.4. The Kier molecular flexibility index (Phi) is 8.42. The molecule has 0 spiro atoms. The third-order valence-electron chi connectivity index (χ3n) is 4.99. The second-order valence-corrected chi connectivity index (χ2v) is 7.93. The monoisotopic (exact) mass is 411 g/mol. The average molecular weight is 412 g/mol. The van der Waals surface area contributed by atoms with E-state index in [9.17, 15) is 9.59 Å². The third-order valence-corrected chi connectivity index (χ3v) is 4.99. The van der Waals surface area contributed by atoms with E-state index in [-0.39, 0.29) is 30.4 Å². The van der Waals surface area contributed by atoms with E-state index in [0.29, 0.717) is 12.2 Å². The summed E-state index contributed by atoms with van der Waals surface area (Å²) in [6, 6.07) is 15.7. The first-order chi connectivity index (χ1) is 14.2. The minimum atomic E-state index is -0.214. The predicted octanol–water partition coefficient (Wildman–Crippen LogP) is 4.08. The van der Waals surface area contributed by atoms with Crippen LogP contribution in [0.15, 0.2) is 48.5 Å². The molecule has 0 heterocycles. The van der Waals surface area contributed by atoms with Crippen LogP contribution in [0.25, 0.3) is 0 Å². The Bertz CT molecular complexity index is 850. The molecular weight excluding hydrogens is 378 g/mol. The molecule has 0 saturated heterocycles. The number of methoxy groups -OCH3 is 1. The standard InChI is InChI=1S/C24H33N3O3/c1-17(2)24(29)27(18(3)19-10-8-7-9-11-19)15-20-14-21(25-23(28)16-30-6)12-13-22(20)26(4)5/h7-14,17-18H,15-16H2,1-6H3,(H,25,28)/t18-/m0/s1. The van der Waals surface area contributed by atoms with Gasteiger partial charge in [0, 0.05) is 45.0 Å². The zero-order chi connectivity index (χ0) is 22.3. The number of hydrogen-bond donors (Lipinski definition) is 1. The number of carbonyl (C=O) groups is 2. The third kappa shape index (κ3) is 6.07. The molecule has 2 amide bonds. The number of nitrogens with zero attached hydrogens (tertiary/aromatic N) is 2. The second-order valence-electron chi connectivity index (χ2n) is 7.93. The van der Waals surface area contributed by atoms with Gasteiger partial charge in [-0.05, 0) is 36.2 Å². The van der Waals surface area contributed by atoms with E-state index >= 15 is 0 Å². The Morgan fingerprint density at radius 3 is 2.27 bits per heavy atom. The molecule has 0 aliphatic rings. The number of ether oxygens (including phenoxy) is 1. The Morgan fingerprint density at radius 2 is 1.70 bits per heavy atom. The highest BCUT2D eigenvalue weighted by Gasteiger charge is 2.25. The molecular formula is C24H33N3O3. The topological polar surface area (TPSA) is 61.9 Å². The van der Waals surface area contributed by atoms with E-state index in [1.165, 1.54) is 7.11 Å². The predicted molar refractivity (Wildman–Crippen MR) is 122 cm³/mol. The van der Waals surface area contributed by atoms with E-state index in [0.717, 1.165) is 16.8 Å². The molecule has 0 radical (unpaired) electrons. The van der Waals surface area contributed by atoms with Crippen LogP contribution in [-0.4, -0.2) is 44.5 Å². The molecule has 0 saturated carbocycles. The van der Waals surface area contributed by atoms with Crippen LogP contribution in [0.1, 0.15) is 37.9 Å². The Balaban J connectivity index is 2.41. The lowest BCUT2D eigenvalue weighted by Crippen LogP contribution is -2.36. The highest BCUT2D eigenvalue weighted by atomic mass is 16.5. The molecule has 30 heavy (non-hydrogen) atoms. The van der Waals surface area contributed by atoms with Crippen molar-refractivity contribution in [2.75, 3.05) is 38.0 Å². The number of nitrogens with one attached hydrogen (secondary N) is 1. The Labute approximate surface area is 179 Å². The molecule has 2 aromatic carbocycles. The van der Waals surface area contributed by atoms with Gasteiger partial charge in [-0.15, -0.1) is 0 Å². The Hall–Kier alpha value is -2.86. The van der Waals surface area contributed by atoms with Gasteiger partial charge in [-0.25, -0.2) is 0 Å². The van der Waals surface area contributed by atoms with Crippen molar-refractivity contribution in [2.24, 2.45) is 5.92 Å². The van der Waals surface area contributed by atoms with Crippen LogP contribution in [0.4, 0.5) is 11.4 Å². The molecule has 2 rings (SSSR count). The van der Waals surface area contributed by atoms with E-state index in [2.05, 4.69) is 12.2 Å². The zero-order valence-electron chi connectivity index (χ0n) is 18.8. The summed E-state index contributed by atoms with van der Waals surface area (Å²) in [5.74, 6) is -0.248. The number of carbonyl (C=O) groups excluding carboxylic acids is 2. The number of rotatable bonds is 9. The molecule has 0 aliphatic carbocycles. The molecule has 6 heteroatoms. The first-order valence-electron chi connectivity index (χ1n) is 10.2. The normalized spacial score (nSPS) is 11.8. The van der Waals surface area contributed by atoms with Crippen LogP contribution in [0.3, 0.4) is 0 Å². The van der Waals surface area contributed by atoms with Crippen molar-refractivity contribution in [1.29, 1.82) is 0 Å². The van der Waals surface area contributed by atoms with E-state index in [1.807, 2.05) is 86.3 Å². The van der Waals surface area contributed by atoms with Gasteiger partial charge in [0.1, 0.15) is 6.61 Å². The summed E-state index contributed by atoms with van der Waals surface area (Å²) in [6.07, 6.45) is 0. The van der Waals surface area contributed by atoms with Gasteiger partial charge in [0.2, 0.25) is 11.8 Å². The van der Waals surface area contributed by atoms with Crippen LogP contribution in [-0.2, 0) is 20.9 Å². The van der Waals surface area contributed by atoms with Gasteiger partial charge >= 0.3 is 0 Å². The fourth-order valence-electron chi connectivity index (χ4n) is 3.39. The van der Waals surface area contributed by atoms with Crippen molar-refractivity contribution < 1.29 is 14.3 Å². The second kappa shape index (κ2) is 10.8. The molecule has 0 aliphatic heterocycles. The maximum atomic E-state index is 13.1. The summed E-state index contributed by atoms with van der Waals surface area (Å²) in [5, 5.41) is 2.85. The molecule has 2 aromatic rings. The van der Waals surface area contributed by atoms with Crippen LogP contribution in [0, 0.1) is 5.92 Å². The SMILES string of the molecule is COCC(=O)Nc1ccc(N(C)C)c(CN(C(=O)C(C)C)[C@@H](C)c2ccccc2)c1. The molecule has 0 unspecified atom stereocenters. The molecule has 0 fully saturated rings. The number of amides is 2. The van der Waals surface area contributed by atoms with Gasteiger partial charge in [0.05, 0.1) is 6.04 Å². The van der Waals surface area contributed by atoms with Gasteiger partial charge in [-0.2, -0.15) is 0 Å². The highest BCUT2D eigenvalue weighted by molar-refractivity contribution is 5.92. The van der Waals surface area contributed by atoms with E-state index in [1.54, 1.807) is 0 Å². The zero-order valence-corrected chi connectivity index (χ0v) is 18.8. The summed E-state index contributed by atoms with van der Waals surface area (Å²) in [5.41, 5.74) is 3.73. The van der Waals surface area contributed by atoms with Crippen LogP contribution >= 0.6 is 0 Å². The highest BCUT2D eigenvalue weighted by Crippen LogP contribution is 2.29. The molecule has 162 valence electrons. The molecule has 1 atom stereocenters.